The Labute approximate surface area is 169 Å². The molecule has 1 atom stereocenters. The van der Waals surface area contributed by atoms with Crippen LogP contribution >= 0.6 is 11.6 Å². The molecule has 1 aliphatic heterocycles. The minimum absolute atomic E-state index is 0.0272. The summed E-state index contributed by atoms with van der Waals surface area (Å²) in [6, 6.07) is 22.1. The van der Waals surface area contributed by atoms with Gasteiger partial charge >= 0.3 is 0 Å². The number of rotatable bonds is 5. The second-order valence-electron chi connectivity index (χ2n) is 6.60. The largest absolute Gasteiger partial charge is 0.494 e. The normalized spacial score (nSPS) is 16.2. The van der Waals surface area contributed by atoms with Gasteiger partial charge in [-0.2, -0.15) is 5.10 Å². The summed E-state index contributed by atoms with van der Waals surface area (Å²) in [5, 5.41) is 7.50. The highest BCUT2D eigenvalue weighted by Crippen LogP contribution is 2.37. The summed E-state index contributed by atoms with van der Waals surface area (Å²) in [5.74, 6) is 0.593. The summed E-state index contributed by atoms with van der Waals surface area (Å²) in [5.41, 5.74) is 3.92. The molecule has 0 radical (unpaired) electrons. The molecule has 3 aromatic carbocycles. The van der Waals surface area contributed by atoms with Gasteiger partial charge in [-0.1, -0.05) is 29.8 Å². The van der Waals surface area contributed by atoms with E-state index >= 15 is 0 Å². The zero-order valence-electron chi connectivity index (χ0n) is 15.5. The molecule has 4 rings (SSSR count). The van der Waals surface area contributed by atoms with Crippen LogP contribution in [-0.4, -0.2) is 12.3 Å². The average molecular weight is 395 g/mol. The second kappa shape index (κ2) is 8.03. The molecule has 0 saturated heterocycles. The molecule has 1 heterocycles. The van der Waals surface area contributed by atoms with Crippen LogP contribution in [0.25, 0.3) is 0 Å². The topological polar surface area (TPSA) is 24.8 Å². The number of halogens is 2. The molecular weight excluding hydrogens is 375 g/mol. The van der Waals surface area contributed by atoms with Crippen LogP contribution in [0.3, 0.4) is 0 Å². The Kier molecular flexibility index (Phi) is 5.31. The van der Waals surface area contributed by atoms with Gasteiger partial charge in [-0.15, -0.1) is 0 Å². The van der Waals surface area contributed by atoms with Crippen LogP contribution in [0, 0.1) is 5.82 Å². The van der Waals surface area contributed by atoms with E-state index < -0.39 is 0 Å². The Morgan fingerprint density at radius 2 is 1.82 bits per heavy atom. The maximum absolute atomic E-state index is 13.4. The van der Waals surface area contributed by atoms with Crippen LogP contribution in [0.15, 0.2) is 77.9 Å². The number of anilines is 1. The van der Waals surface area contributed by atoms with E-state index in [2.05, 4.69) is 0 Å². The number of ether oxygens (including phenoxy) is 1. The number of nitrogens with zero attached hydrogens (tertiary/aromatic N) is 2. The Bertz CT molecular complexity index is 986. The van der Waals surface area contributed by atoms with Crippen LogP contribution in [0.1, 0.15) is 30.5 Å². The van der Waals surface area contributed by atoms with Crippen molar-refractivity contribution < 1.29 is 9.13 Å². The molecule has 0 spiro atoms. The lowest BCUT2D eigenvalue weighted by molar-refractivity contribution is 0.340. The van der Waals surface area contributed by atoms with Crippen molar-refractivity contribution in [2.75, 3.05) is 11.6 Å². The fourth-order valence-electron chi connectivity index (χ4n) is 3.40. The Morgan fingerprint density at radius 3 is 2.50 bits per heavy atom. The molecule has 0 unspecified atom stereocenters. The first kappa shape index (κ1) is 18.5. The molecule has 0 saturated carbocycles. The number of benzene rings is 3. The third kappa shape index (κ3) is 3.87. The predicted octanol–water partition coefficient (Wildman–Crippen LogP) is 6.23. The van der Waals surface area contributed by atoms with Crippen molar-refractivity contribution in [3.63, 3.8) is 0 Å². The van der Waals surface area contributed by atoms with Gasteiger partial charge < -0.3 is 4.74 Å². The van der Waals surface area contributed by atoms with Crippen LogP contribution in [0.2, 0.25) is 5.02 Å². The highest BCUT2D eigenvalue weighted by atomic mass is 35.5. The maximum atomic E-state index is 13.4. The molecule has 0 N–H and O–H groups in total. The molecule has 142 valence electrons. The number of hydrogen-bond acceptors (Lipinski definition) is 3. The monoisotopic (exact) mass is 394 g/mol. The lowest BCUT2D eigenvalue weighted by atomic mass is 9.98. The summed E-state index contributed by atoms with van der Waals surface area (Å²) < 4.78 is 18.9. The van der Waals surface area contributed by atoms with Gasteiger partial charge in [0.25, 0.3) is 0 Å². The molecule has 3 nitrogen and oxygen atoms in total. The molecule has 28 heavy (non-hydrogen) atoms. The summed E-state index contributed by atoms with van der Waals surface area (Å²) in [6.07, 6.45) is 0.714. The minimum atomic E-state index is -0.247. The van der Waals surface area contributed by atoms with Gasteiger partial charge in [0.2, 0.25) is 0 Å². The molecular formula is C23H20ClFN2O. The first-order chi connectivity index (χ1) is 13.6. The van der Waals surface area contributed by atoms with E-state index in [4.69, 9.17) is 21.4 Å². The Morgan fingerprint density at radius 1 is 1.07 bits per heavy atom. The van der Waals surface area contributed by atoms with Crippen molar-refractivity contribution in [2.24, 2.45) is 5.10 Å². The van der Waals surface area contributed by atoms with Crippen molar-refractivity contribution in [3.8, 4) is 5.75 Å². The minimum Gasteiger partial charge on any atom is -0.494 e. The quantitative estimate of drug-likeness (QED) is 0.512. The Balaban J connectivity index is 1.70. The van der Waals surface area contributed by atoms with Gasteiger partial charge in [-0.3, -0.25) is 5.01 Å². The second-order valence-corrected chi connectivity index (χ2v) is 7.04. The van der Waals surface area contributed by atoms with Gasteiger partial charge in [-0.05, 0) is 72.6 Å². The van der Waals surface area contributed by atoms with Gasteiger partial charge in [-0.25, -0.2) is 4.39 Å². The predicted molar refractivity (Wildman–Crippen MR) is 112 cm³/mol. The highest BCUT2D eigenvalue weighted by molar-refractivity contribution is 6.30. The first-order valence-corrected chi connectivity index (χ1v) is 9.63. The van der Waals surface area contributed by atoms with Crippen molar-refractivity contribution in [1.29, 1.82) is 0 Å². The van der Waals surface area contributed by atoms with Gasteiger partial charge in [0, 0.05) is 11.4 Å². The first-order valence-electron chi connectivity index (χ1n) is 9.25. The van der Waals surface area contributed by atoms with Crippen LogP contribution in [0.4, 0.5) is 10.1 Å². The fourth-order valence-corrected chi connectivity index (χ4v) is 3.58. The van der Waals surface area contributed by atoms with E-state index in [0.29, 0.717) is 18.1 Å². The van der Waals surface area contributed by atoms with E-state index in [1.807, 2.05) is 72.6 Å². The lowest BCUT2D eigenvalue weighted by Crippen LogP contribution is -2.18. The van der Waals surface area contributed by atoms with E-state index in [9.17, 15) is 4.39 Å². The van der Waals surface area contributed by atoms with Crippen molar-refractivity contribution in [3.05, 3.63) is 94.8 Å². The zero-order chi connectivity index (χ0) is 19.5. The van der Waals surface area contributed by atoms with E-state index in [-0.39, 0.29) is 11.9 Å². The molecule has 5 heteroatoms. The van der Waals surface area contributed by atoms with Gasteiger partial charge in [0.05, 0.1) is 24.0 Å². The number of hydrazone groups is 1. The molecule has 0 amide bonds. The molecule has 1 aliphatic rings. The van der Waals surface area contributed by atoms with Crippen molar-refractivity contribution in [2.45, 2.75) is 19.4 Å². The Hall–Kier alpha value is -2.85. The summed E-state index contributed by atoms with van der Waals surface area (Å²) in [4.78, 5) is 0. The molecule has 0 fully saturated rings. The third-order valence-electron chi connectivity index (χ3n) is 4.74. The summed E-state index contributed by atoms with van der Waals surface area (Å²) in [7, 11) is 0. The standard InChI is InChI=1S/C23H20ClFN2O/c1-2-28-21-12-8-16(9-13-21)22-15-23(17-6-10-19(25)11-7-17)27(26-22)20-5-3-4-18(24)14-20/h3-14,23H,2,15H2,1H3/t23-/m1/s1. The molecule has 0 bridgehead atoms. The zero-order valence-corrected chi connectivity index (χ0v) is 16.2. The molecule has 0 aliphatic carbocycles. The smallest absolute Gasteiger partial charge is 0.123 e. The SMILES string of the molecule is CCOc1ccc(C2=NN(c3cccc(Cl)c3)[C@@H](c3ccc(F)cc3)C2)cc1. The van der Waals surface area contributed by atoms with E-state index in [0.717, 1.165) is 28.3 Å². The van der Waals surface area contributed by atoms with E-state index in [1.165, 1.54) is 12.1 Å². The average Bonchev–Trinajstić information content (AvgIpc) is 3.15. The summed E-state index contributed by atoms with van der Waals surface area (Å²) in [6.45, 7) is 2.60. The summed E-state index contributed by atoms with van der Waals surface area (Å²) >= 11 is 6.20. The lowest BCUT2D eigenvalue weighted by Gasteiger charge is -2.24. The maximum Gasteiger partial charge on any atom is 0.123 e. The van der Waals surface area contributed by atoms with E-state index in [1.54, 1.807) is 0 Å². The molecule has 0 aromatic heterocycles. The van der Waals surface area contributed by atoms with Crippen LogP contribution in [0.5, 0.6) is 5.75 Å². The highest BCUT2D eigenvalue weighted by Gasteiger charge is 2.30. The third-order valence-corrected chi connectivity index (χ3v) is 4.97. The van der Waals surface area contributed by atoms with Gasteiger partial charge in [0.15, 0.2) is 0 Å². The van der Waals surface area contributed by atoms with Crippen LogP contribution < -0.4 is 9.75 Å². The van der Waals surface area contributed by atoms with Crippen molar-refractivity contribution >= 4 is 23.0 Å². The van der Waals surface area contributed by atoms with Gasteiger partial charge in [0.1, 0.15) is 11.6 Å². The fraction of sp³-hybridized carbons (Fsp3) is 0.174. The van der Waals surface area contributed by atoms with Crippen molar-refractivity contribution in [1.82, 2.24) is 0 Å². The van der Waals surface area contributed by atoms with Crippen LogP contribution in [-0.2, 0) is 0 Å². The number of hydrogen-bond donors (Lipinski definition) is 0. The molecule has 3 aromatic rings.